The fourth-order valence-corrected chi connectivity index (χ4v) is 5.02. The average Bonchev–Trinajstić information content (AvgIpc) is 3.17. The predicted octanol–water partition coefficient (Wildman–Crippen LogP) is 4.26. The van der Waals surface area contributed by atoms with Gasteiger partial charge in [-0.1, -0.05) is 12.1 Å². The van der Waals surface area contributed by atoms with Gasteiger partial charge in [-0.25, -0.2) is 4.39 Å². The highest BCUT2D eigenvalue weighted by atomic mass is 79.9. The molecule has 1 fully saturated rings. The van der Waals surface area contributed by atoms with Crippen molar-refractivity contribution in [1.29, 1.82) is 0 Å². The minimum absolute atomic E-state index is 0.0266. The summed E-state index contributed by atoms with van der Waals surface area (Å²) in [4.78, 5) is 19.7. The number of hydrogen-bond acceptors (Lipinski definition) is 4. The third-order valence-electron chi connectivity index (χ3n) is 6.65. The molecular weight excluding hydrogens is 461 g/mol. The third kappa shape index (κ3) is 4.17. The number of halogens is 2. The SMILES string of the molecule is COc1cc2c(cc1N1C[C@@H](C)N(C)[C@@H](C)C1)N(C(=O)Cc1cccc(F)c1Br)CC2. The number of rotatable bonds is 4. The van der Waals surface area contributed by atoms with Crippen LogP contribution in [0.2, 0.25) is 0 Å². The Hall–Kier alpha value is -2.12. The second kappa shape index (κ2) is 8.79. The number of fused-ring (bicyclic) bond motifs is 1. The van der Waals surface area contributed by atoms with E-state index in [0.717, 1.165) is 42.2 Å². The first-order valence-electron chi connectivity index (χ1n) is 10.7. The Balaban J connectivity index is 1.63. The van der Waals surface area contributed by atoms with Crippen molar-refractivity contribution in [3.05, 3.63) is 51.7 Å². The minimum atomic E-state index is -0.350. The van der Waals surface area contributed by atoms with Gasteiger partial charge in [0.25, 0.3) is 0 Å². The summed E-state index contributed by atoms with van der Waals surface area (Å²) in [5.74, 6) is 0.476. The maximum absolute atomic E-state index is 13.9. The van der Waals surface area contributed by atoms with Crippen LogP contribution in [0.5, 0.6) is 5.75 Å². The Morgan fingerprint density at radius 1 is 1.19 bits per heavy atom. The smallest absolute Gasteiger partial charge is 0.231 e. The fourth-order valence-electron chi connectivity index (χ4n) is 4.62. The van der Waals surface area contributed by atoms with E-state index in [1.165, 1.54) is 6.07 Å². The lowest BCUT2D eigenvalue weighted by molar-refractivity contribution is -0.117. The van der Waals surface area contributed by atoms with E-state index >= 15 is 0 Å². The maximum Gasteiger partial charge on any atom is 0.231 e. The lowest BCUT2D eigenvalue weighted by Crippen LogP contribution is -2.55. The molecule has 0 radical (unpaired) electrons. The minimum Gasteiger partial charge on any atom is -0.495 e. The van der Waals surface area contributed by atoms with Crippen LogP contribution in [0.4, 0.5) is 15.8 Å². The van der Waals surface area contributed by atoms with Crippen LogP contribution in [0.3, 0.4) is 0 Å². The highest BCUT2D eigenvalue weighted by Crippen LogP contribution is 2.40. The van der Waals surface area contributed by atoms with E-state index in [1.54, 1.807) is 19.2 Å². The number of anilines is 2. The molecule has 31 heavy (non-hydrogen) atoms. The monoisotopic (exact) mass is 489 g/mol. The average molecular weight is 490 g/mol. The van der Waals surface area contributed by atoms with Gasteiger partial charge in [0.2, 0.25) is 5.91 Å². The summed E-state index contributed by atoms with van der Waals surface area (Å²) in [5.41, 5.74) is 3.74. The van der Waals surface area contributed by atoms with Gasteiger partial charge in [0.05, 0.1) is 23.7 Å². The summed E-state index contributed by atoms with van der Waals surface area (Å²) < 4.78 is 20.0. The molecule has 0 spiro atoms. The summed E-state index contributed by atoms with van der Waals surface area (Å²) in [7, 11) is 3.87. The van der Waals surface area contributed by atoms with Gasteiger partial charge in [-0.15, -0.1) is 0 Å². The molecule has 2 atom stereocenters. The lowest BCUT2D eigenvalue weighted by atomic mass is 10.1. The molecule has 1 saturated heterocycles. The van der Waals surface area contributed by atoms with E-state index in [4.69, 9.17) is 4.74 Å². The highest BCUT2D eigenvalue weighted by Gasteiger charge is 2.31. The number of benzene rings is 2. The molecule has 7 heteroatoms. The van der Waals surface area contributed by atoms with Crippen molar-refractivity contribution in [3.63, 3.8) is 0 Å². The number of hydrogen-bond donors (Lipinski definition) is 0. The van der Waals surface area contributed by atoms with Crippen molar-refractivity contribution >= 4 is 33.2 Å². The fraction of sp³-hybridized carbons (Fsp3) is 0.458. The van der Waals surface area contributed by atoms with Crippen molar-refractivity contribution in [3.8, 4) is 5.75 Å². The standard InChI is InChI=1S/C24H29BrFN3O2/c1-15-13-28(14-16(2)27(15)3)21-12-20-17(10-22(21)31-4)8-9-29(20)23(30)11-18-6-5-7-19(26)24(18)25/h5-7,10,12,15-16H,8-9,11,13-14H2,1-4H3/t15-,16+. The van der Waals surface area contributed by atoms with Crippen molar-refractivity contribution < 1.29 is 13.9 Å². The molecule has 0 N–H and O–H groups in total. The molecule has 1 amide bonds. The first-order chi connectivity index (χ1) is 14.8. The summed E-state index contributed by atoms with van der Waals surface area (Å²) >= 11 is 3.27. The molecule has 2 heterocycles. The zero-order chi connectivity index (χ0) is 22.3. The molecular formula is C24H29BrFN3O2. The molecule has 2 aromatic carbocycles. The van der Waals surface area contributed by atoms with Crippen molar-refractivity contribution in [2.45, 2.75) is 38.8 Å². The second-order valence-electron chi connectivity index (χ2n) is 8.61. The molecule has 2 aliphatic heterocycles. The Labute approximate surface area is 191 Å². The largest absolute Gasteiger partial charge is 0.495 e. The van der Waals surface area contributed by atoms with Crippen LogP contribution >= 0.6 is 15.9 Å². The van der Waals surface area contributed by atoms with E-state index in [9.17, 15) is 9.18 Å². The van der Waals surface area contributed by atoms with Crippen LogP contribution in [0.25, 0.3) is 0 Å². The Morgan fingerprint density at radius 2 is 1.90 bits per heavy atom. The number of ether oxygens (including phenoxy) is 1. The van der Waals surface area contributed by atoms with Gasteiger partial charge in [0, 0.05) is 37.4 Å². The third-order valence-corrected chi connectivity index (χ3v) is 7.54. The van der Waals surface area contributed by atoms with E-state index in [2.05, 4.69) is 58.8 Å². The summed E-state index contributed by atoms with van der Waals surface area (Å²) in [6.45, 7) is 6.90. The van der Waals surface area contributed by atoms with Crippen LogP contribution in [0.15, 0.2) is 34.8 Å². The topological polar surface area (TPSA) is 36.0 Å². The zero-order valence-electron chi connectivity index (χ0n) is 18.5. The van der Waals surface area contributed by atoms with Gasteiger partial charge in [0.15, 0.2) is 0 Å². The molecule has 2 aromatic rings. The highest BCUT2D eigenvalue weighted by molar-refractivity contribution is 9.10. The first kappa shape index (κ1) is 22.1. The number of carbonyl (C=O) groups excluding carboxylic acids is 1. The number of nitrogens with zero attached hydrogens (tertiary/aromatic N) is 3. The number of piperazine rings is 1. The number of amides is 1. The van der Waals surface area contributed by atoms with Gasteiger partial charge in [-0.3, -0.25) is 9.69 Å². The van der Waals surface area contributed by atoms with Gasteiger partial charge >= 0.3 is 0 Å². The van der Waals surface area contributed by atoms with E-state index in [-0.39, 0.29) is 18.1 Å². The molecule has 0 unspecified atom stereocenters. The van der Waals surface area contributed by atoms with E-state index in [0.29, 0.717) is 28.7 Å². The first-order valence-corrected chi connectivity index (χ1v) is 11.5. The van der Waals surface area contributed by atoms with Crippen molar-refractivity contribution in [1.82, 2.24) is 4.90 Å². The summed E-state index contributed by atoms with van der Waals surface area (Å²) in [6, 6.07) is 9.83. The molecule has 0 aromatic heterocycles. The quantitative estimate of drug-likeness (QED) is 0.642. The Bertz CT molecular complexity index is 987. The van der Waals surface area contributed by atoms with Crippen molar-refractivity contribution in [2.75, 3.05) is 43.6 Å². The number of methoxy groups -OCH3 is 1. The zero-order valence-corrected chi connectivity index (χ0v) is 20.1. The predicted molar refractivity (Wildman–Crippen MR) is 126 cm³/mol. The number of carbonyl (C=O) groups is 1. The van der Waals surface area contributed by atoms with Gasteiger partial charge < -0.3 is 14.5 Å². The molecule has 5 nitrogen and oxygen atoms in total. The maximum atomic E-state index is 13.9. The van der Waals surface area contributed by atoms with Gasteiger partial charge in [0.1, 0.15) is 11.6 Å². The van der Waals surface area contributed by atoms with Gasteiger partial charge in [-0.05, 0) is 72.6 Å². The second-order valence-corrected chi connectivity index (χ2v) is 9.40. The molecule has 0 bridgehead atoms. The van der Waals surface area contributed by atoms with Gasteiger partial charge in [-0.2, -0.15) is 0 Å². The van der Waals surface area contributed by atoms with Crippen LogP contribution in [-0.2, 0) is 17.6 Å². The Morgan fingerprint density at radius 3 is 2.58 bits per heavy atom. The normalized spacial score (nSPS) is 21.4. The molecule has 0 aliphatic carbocycles. The van der Waals surface area contributed by atoms with E-state index < -0.39 is 0 Å². The van der Waals surface area contributed by atoms with Crippen LogP contribution in [0.1, 0.15) is 25.0 Å². The summed E-state index contributed by atoms with van der Waals surface area (Å²) in [5, 5.41) is 0. The van der Waals surface area contributed by atoms with Crippen LogP contribution < -0.4 is 14.5 Å². The molecule has 0 saturated carbocycles. The van der Waals surface area contributed by atoms with Crippen LogP contribution in [0, 0.1) is 5.82 Å². The molecule has 4 rings (SSSR count). The Kier molecular flexibility index (Phi) is 6.26. The summed E-state index contributed by atoms with van der Waals surface area (Å²) in [6.07, 6.45) is 0.944. The number of likely N-dealkylation sites (N-methyl/N-ethyl adjacent to an activating group) is 1. The van der Waals surface area contributed by atoms with Crippen molar-refractivity contribution in [2.24, 2.45) is 0 Å². The lowest BCUT2D eigenvalue weighted by Gasteiger charge is -2.44. The molecule has 2 aliphatic rings. The van der Waals surface area contributed by atoms with Crippen LogP contribution in [-0.4, -0.2) is 56.7 Å². The molecule has 166 valence electrons. The van der Waals surface area contributed by atoms with E-state index in [1.807, 2.05) is 4.90 Å².